The maximum atomic E-state index is 12.2. The van der Waals surface area contributed by atoms with Gasteiger partial charge in [0.2, 0.25) is 5.78 Å². The Morgan fingerprint density at radius 1 is 1.00 bits per heavy atom. The normalized spacial score (nSPS) is 10.6. The first-order chi connectivity index (χ1) is 9.24. The van der Waals surface area contributed by atoms with Gasteiger partial charge in [-0.3, -0.25) is 4.79 Å². The van der Waals surface area contributed by atoms with E-state index in [0.29, 0.717) is 10.6 Å². The number of aromatic nitrogens is 2. The van der Waals surface area contributed by atoms with Crippen molar-refractivity contribution in [3.63, 3.8) is 0 Å². The van der Waals surface area contributed by atoms with E-state index < -0.39 is 0 Å². The van der Waals surface area contributed by atoms with Crippen LogP contribution in [-0.2, 0) is 0 Å². The fourth-order valence-electron chi connectivity index (χ4n) is 1.69. The molecule has 5 heteroatoms. The first-order valence-electron chi connectivity index (χ1n) is 5.72. The minimum absolute atomic E-state index is 0.0381. The van der Waals surface area contributed by atoms with Crippen LogP contribution in [0.2, 0.25) is 0 Å². The van der Waals surface area contributed by atoms with E-state index in [1.54, 1.807) is 23.5 Å². The molecular formula is C14H10N2OS2. The molecule has 1 aromatic carbocycles. The second-order valence-corrected chi connectivity index (χ2v) is 5.91. The third-order valence-corrected chi connectivity index (χ3v) is 4.23. The lowest BCUT2D eigenvalue weighted by Gasteiger charge is -1.95. The van der Waals surface area contributed by atoms with Crippen molar-refractivity contribution in [1.82, 2.24) is 9.97 Å². The van der Waals surface area contributed by atoms with Gasteiger partial charge in [0, 0.05) is 16.3 Å². The second-order valence-electron chi connectivity index (χ2n) is 3.98. The molecule has 0 unspecified atom stereocenters. The number of carbonyl (C=O) groups is 1. The van der Waals surface area contributed by atoms with E-state index in [4.69, 9.17) is 0 Å². The van der Waals surface area contributed by atoms with Gasteiger partial charge in [-0.1, -0.05) is 30.3 Å². The summed E-state index contributed by atoms with van der Waals surface area (Å²) >= 11 is 2.94. The van der Waals surface area contributed by atoms with E-state index in [2.05, 4.69) is 9.97 Å². The van der Waals surface area contributed by atoms with E-state index >= 15 is 0 Å². The van der Waals surface area contributed by atoms with Crippen LogP contribution in [0.25, 0.3) is 11.4 Å². The lowest BCUT2D eigenvalue weighted by molar-refractivity contribution is 0.103. The number of hydrogen-bond acceptors (Lipinski definition) is 5. The van der Waals surface area contributed by atoms with E-state index in [9.17, 15) is 4.79 Å². The Morgan fingerprint density at radius 3 is 2.37 bits per heavy atom. The Morgan fingerprint density at radius 2 is 1.68 bits per heavy atom. The number of benzene rings is 1. The van der Waals surface area contributed by atoms with Crippen LogP contribution in [0.5, 0.6) is 0 Å². The van der Waals surface area contributed by atoms with Crippen LogP contribution < -0.4 is 0 Å². The maximum absolute atomic E-state index is 12.2. The molecule has 0 fully saturated rings. The molecule has 0 N–H and O–H groups in total. The van der Waals surface area contributed by atoms with E-state index in [-0.39, 0.29) is 5.78 Å². The summed E-state index contributed by atoms with van der Waals surface area (Å²) < 4.78 is 0. The summed E-state index contributed by atoms with van der Waals surface area (Å²) in [7, 11) is 0. The van der Waals surface area contributed by atoms with Crippen LogP contribution in [0.4, 0.5) is 0 Å². The summed E-state index contributed by atoms with van der Waals surface area (Å²) in [5.41, 5.74) is 2.28. The van der Waals surface area contributed by atoms with Crippen molar-refractivity contribution in [2.45, 2.75) is 6.92 Å². The topological polar surface area (TPSA) is 42.9 Å². The minimum atomic E-state index is -0.0381. The van der Waals surface area contributed by atoms with Gasteiger partial charge in [-0.25, -0.2) is 9.97 Å². The maximum Gasteiger partial charge on any atom is 0.221 e. The van der Waals surface area contributed by atoms with Gasteiger partial charge in [0.05, 0.1) is 5.01 Å². The molecule has 3 rings (SSSR count). The van der Waals surface area contributed by atoms with Crippen LogP contribution in [0.15, 0.2) is 41.1 Å². The first kappa shape index (κ1) is 12.2. The van der Waals surface area contributed by atoms with Gasteiger partial charge >= 0.3 is 0 Å². The predicted octanol–water partition coefficient (Wildman–Crippen LogP) is 3.81. The molecule has 0 radical (unpaired) electrons. The summed E-state index contributed by atoms with van der Waals surface area (Å²) in [6.45, 7) is 1.95. The number of rotatable bonds is 3. The van der Waals surface area contributed by atoms with Crippen molar-refractivity contribution in [3.8, 4) is 11.4 Å². The molecule has 0 saturated carbocycles. The highest BCUT2D eigenvalue weighted by molar-refractivity contribution is 7.12. The van der Waals surface area contributed by atoms with Crippen LogP contribution in [0, 0.1) is 6.92 Å². The first-order valence-corrected chi connectivity index (χ1v) is 7.48. The summed E-state index contributed by atoms with van der Waals surface area (Å²) in [5.74, 6) is -0.0381. The van der Waals surface area contributed by atoms with E-state index in [1.165, 1.54) is 11.3 Å². The molecule has 2 aromatic heterocycles. The lowest BCUT2D eigenvalue weighted by Crippen LogP contribution is -2.00. The highest BCUT2D eigenvalue weighted by Crippen LogP contribution is 2.24. The fraction of sp³-hybridized carbons (Fsp3) is 0.0714. The third kappa shape index (κ3) is 2.47. The van der Waals surface area contributed by atoms with Gasteiger partial charge in [-0.05, 0) is 6.92 Å². The minimum Gasteiger partial charge on any atom is -0.286 e. The number of aryl methyl sites for hydroxylation is 1. The Kier molecular flexibility index (Phi) is 3.23. The van der Waals surface area contributed by atoms with Crippen LogP contribution in [0.3, 0.4) is 0 Å². The Bertz CT molecular complexity index is 716. The highest BCUT2D eigenvalue weighted by atomic mass is 32.1. The molecule has 2 heterocycles. The number of nitrogens with zero attached hydrogens (tertiary/aromatic N) is 2. The van der Waals surface area contributed by atoms with Crippen molar-refractivity contribution in [1.29, 1.82) is 0 Å². The van der Waals surface area contributed by atoms with Crippen molar-refractivity contribution in [3.05, 3.63) is 56.7 Å². The summed E-state index contributed by atoms with van der Waals surface area (Å²) in [4.78, 5) is 21.0. The zero-order valence-corrected chi connectivity index (χ0v) is 11.8. The second kappa shape index (κ2) is 5.03. The molecule has 0 aliphatic carbocycles. The molecule has 0 aliphatic rings. The van der Waals surface area contributed by atoms with E-state index in [0.717, 1.165) is 16.4 Å². The number of thiazole rings is 2. The van der Waals surface area contributed by atoms with Crippen LogP contribution >= 0.6 is 22.7 Å². The molecule has 19 heavy (non-hydrogen) atoms. The van der Waals surface area contributed by atoms with Gasteiger partial charge in [-0.2, -0.15) is 0 Å². The zero-order chi connectivity index (χ0) is 13.2. The van der Waals surface area contributed by atoms with Crippen molar-refractivity contribution < 1.29 is 4.79 Å². The molecule has 0 spiro atoms. The Labute approximate surface area is 118 Å². The smallest absolute Gasteiger partial charge is 0.221 e. The van der Waals surface area contributed by atoms with Gasteiger partial charge < -0.3 is 0 Å². The largest absolute Gasteiger partial charge is 0.286 e. The van der Waals surface area contributed by atoms with Gasteiger partial charge in [0.25, 0.3) is 0 Å². The average Bonchev–Trinajstić information content (AvgIpc) is 3.07. The van der Waals surface area contributed by atoms with Crippen LogP contribution in [0.1, 0.15) is 20.4 Å². The molecule has 0 atom stereocenters. The van der Waals surface area contributed by atoms with Gasteiger partial charge in [0.15, 0.2) is 5.01 Å². The summed E-state index contributed by atoms with van der Waals surface area (Å²) in [6, 6.07) is 9.20. The fourth-order valence-corrected chi connectivity index (χ4v) is 3.07. The number of carbonyl (C=O) groups excluding carboxylic acids is 1. The molecule has 0 aliphatic heterocycles. The molecule has 3 nitrogen and oxygen atoms in total. The van der Waals surface area contributed by atoms with E-state index in [1.807, 2.05) is 35.9 Å². The quantitative estimate of drug-likeness (QED) is 0.688. The zero-order valence-electron chi connectivity index (χ0n) is 10.2. The summed E-state index contributed by atoms with van der Waals surface area (Å²) in [5, 5.41) is 5.34. The van der Waals surface area contributed by atoms with Crippen LogP contribution in [-0.4, -0.2) is 15.8 Å². The molecular weight excluding hydrogens is 276 g/mol. The molecule has 0 amide bonds. The number of ketones is 1. The van der Waals surface area contributed by atoms with Crippen molar-refractivity contribution >= 4 is 28.5 Å². The van der Waals surface area contributed by atoms with Crippen molar-refractivity contribution in [2.24, 2.45) is 0 Å². The predicted molar refractivity (Wildman–Crippen MR) is 77.8 cm³/mol. The van der Waals surface area contributed by atoms with Gasteiger partial charge in [-0.15, -0.1) is 22.7 Å². The Hall–Kier alpha value is -1.85. The average molecular weight is 286 g/mol. The van der Waals surface area contributed by atoms with Gasteiger partial charge in [0.1, 0.15) is 11.4 Å². The Balaban J connectivity index is 1.92. The molecule has 0 bridgehead atoms. The summed E-state index contributed by atoms with van der Waals surface area (Å²) in [6.07, 6.45) is 0. The SMILES string of the molecule is Cc1nc(-c2csc(C(=O)c3ccccc3)n2)cs1. The highest BCUT2D eigenvalue weighted by Gasteiger charge is 2.14. The molecule has 94 valence electrons. The standard InChI is InChI=1S/C14H10N2OS2/c1-9-15-11(7-18-9)12-8-19-14(16-12)13(17)10-5-3-2-4-6-10/h2-8H,1H3. The molecule has 0 saturated heterocycles. The third-order valence-electron chi connectivity index (χ3n) is 2.62. The monoisotopic (exact) mass is 286 g/mol. The lowest BCUT2D eigenvalue weighted by atomic mass is 10.1. The molecule has 3 aromatic rings. The number of hydrogen-bond donors (Lipinski definition) is 0. The van der Waals surface area contributed by atoms with Crippen molar-refractivity contribution in [2.75, 3.05) is 0 Å².